The summed E-state index contributed by atoms with van der Waals surface area (Å²) in [4.78, 5) is 19.5. The number of carbonyl (C=O) groups is 1. The van der Waals surface area contributed by atoms with Gasteiger partial charge in [-0.3, -0.25) is 0 Å². The van der Waals surface area contributed by atoms with Crippen LogP contribution in [0.2, 0.25) is 0 Å². The predicted molar refractivity (Wildman–Crippen MR) is 113 cm³/mol. The standard InChI is InChI=1S/C24H22N2O2/c1-14-10-15(2)22(16(3)11-14)19-13-21-20(25-23(26-21)24(27)28-4)12-18(19)17-8-6-5-7-9-17/h5-13H,1-4H3,(H,25,26). The lowest BCUT2D eigenvalue weighted by Crippen LogP contribution is -2.02. The second kappa shape index (κ2) is 6.97. The minimum atomic E-state index is -0.471. The van der Waals surface area contributed by atoms with E-state index < -0.39 is 5.97 Å². The summed E-state index contributed by atoms with van der Waals surface area (Å²) in [7, 11) is 1.36. The van der Waals surface area contributed by atoms with Gasteiger partial charge in [-0.25, -0.2) is 9.78 Å². The van der Waals surface area contributed by atoms with Gasteiger partial charge in [0.05, 0.1) is 18.1 Å². The first-order valence-corrected chi connectivity index (χ1v) is 9.23. The zero-order chi connectivity index (χ0) is 19.8. The molecular weight excluding hydrogens is 348 g/mol. The van der Waals surface area contributed by atoms with Gasteiger partial charge >= 0.3 is 5.97 Å². The number of ether oxygens (including phenoxy) is 1. The third-order valence-electron chi connectivity index (χ3n) is 5.03. The fourth-order valence-electron chi connectivity index (χ4n) is 3.92. The highest BCUT2D eigenvalue weighted by molar-refractivity contribution is 5.97. The van der Waals surface area contributed by atoms with E-state index in [1.165, 1.54) is 29.4 Å². The first-order chi connectivity index (χ1) is 13.5. The SMILES string of the molecule is COC(=O)c1nc2cc(-c3ccccc3)c(-c3c(C)cc(C)cc3C)cc2[nH]1. The molecule has 0 spiro atoms. The van der Waals surface area contributed by atoms with E-state index in [4.69, 9.17) is 4.74 Å². The number of carbonyl (C=O) groups excluding carboxylic acids is 1. The fourth-order valence-corrected chi connectivity index (χ4v) is 3.92. The van der Waals surface area contributed by atoms with Gasteiger partial charge in [0.25, 0.3) is 0 Å². The number of nitrogens with one attached hydrogen (secondary N) is 1. The van der Waals surface area contributed by atoms with Gasteiger partial charge in [0, 0.05) is 0 Å². The Morgan fingerprint density at radius 3 is 2.25 bits per heavy atom. The lowest BCUT2D eigenvalue weighted by atomic mass is 9.88. The minimum absolute atomic E-state index is 0.214. The Kier molecular flexibility index (Phi) is 4.47. The van der Waals surface area contributed by atoms with Gasteiger partial charge in [-0.1, -0.05) is 48.0 Å². The summed E-state index contributed by atoms with van der Waals surface area (Å²) < 4.78 is 4.81. The molecule has 4 nitrogen and oxygen atoms in total. The Bertz CT molecular complexity index is 1170. The molecule has 4 aromatic rings. The molecule has 0 saturated heterocycles. The molecular formula is C24H22N2O2. The van der Waals surface area contributed by atoms with E-state index in [0.717, 1.165) is 27.7 Å². The van der Waals surface area contributed by atoms with Crippen molar-refractivity contribution in [2.45, 2.75) is 20.8 Å². The van der Waals surface area contributed by atoms with Gasteiger partial charge < -0.3 is 9.72 Å². The molecule has 0 atom stereocenters. The number of hydrogen-bond donors (Lipinski definition) is 1. The average Bonchev–Trinajstić information content (AvgIpc) is 3.09. The number of imidazole rings is 1. The molecule has 0 amide bonds. The van der Waals surface area contributed by atoms with E-state index in [1.54, 1.807) is 0 Å². The van der Waals surface area contributed by atoms with Gasteiger partial charge in [-0.05, 0) is 66.3 Å². The van der Waals surface area contributed by atoms with E-state index in [0.29, 0.717) is 0 Å². The third kappa shape index (κ3) is 3.07. The number of fused-ring (bicyclic) bond motifs is 1. The first kappa shape index (κ1) is 18.0. The number of nitrogens with zero attached hydrogens (tertiary/aromatic N) is 1. The number of aryl methyl sites for hydroxylation is 3. The summed E-state index contributed by atoms with van der Waals surface area (Å²) in [6, 6.07) is 18.8. The second-order valence-electron chi connectivity index (χ2n) is 7.13. The van der Waals surface area contributed by atoms with Crippen molar-refractivity contribution in [3.05, 3.63) is 77.1 Å². The Morgan fingerprint density at radius 2 is 1.61 bits per heavy atom. The molecule has 28 heavy (non-hydrogen) atoms. The quantitative estimate of drug-likeness (QED) is 0.477. The van der Waals surface area contributed by atoms with E-state index in [2.05, 4.69) is 61.1 Å². The number of esters is 1. The topological polar surface area (TPSA) is 55.0 Å². The number of H-pyrrole nitrogens is 1. The number of aromatic nitrogens is 2. The molecule has 1 aromatic heterocycles. The molecule has 3 aromatic carbocycles. The molecule has 1 heterocycles. The summed E-state index contributed by atoms with van der Waals surface area (Å²) >= 11 is 0. The fraction of sp³-hybridized carbons (Fsp3) is 0.167. The lowest BCUT2D eigenvalue weighted by molar-refractivity contribution is 0.0588. The monoisotopic (exact) mass is 370 g/mol. The molecule has 0 fully saturated rings. The van der Waals surface area contributed by atoms with Crippen LogP contribution in [0.3, 0.4) is 0 Å². The second-order valence-corrected chi connectivity index (χ2v) is 7.13. The molecule has 0 aliphatic heterocycles. The zero-order valence-electron chi connectivity index (χ0n) is 16.5. The van der Waals surface area contributed by atoms with E-state index in [1.807, 2.05) is 24.3 Å². The van der Waals surface area contributed by atoms with Crippen LogP contribution in [0.25, 0.3) is 33.3 Å². The average molecular weight is 370 g/mol. The van der Waals surface area contributed by atoms with E-state index >= 15 is 0 Å². The maximum atomic E-state index is 11.9. The minimum Gasteiger partial charge on any atom is -0.463 e. The van der Waals surface area contributed by atoms with Crippen LogP contribution in [0.5, 0.6) is 0 Å². The summed E-state index contributed by atoms with van der Waals surface area (Å²) in [6.45, 7) is 6.39. The number of rotatable bonds is 3. The Labute approximate surface area is 164 Å². The van der Waals surface area contributed by atoms with Gasteiger partial charge in [-0.15, -0.1) is 0 Å². The van der Waals surface area contributed by atoms with Crippen molar-refractivity contribution in [2.75, 3.05) is 7.11 Å². The van der Waals surface area contributed by atoms with Crippen LogP contribution in [-0.4, -0.2) is 23.0 Å². The maximum Gasteiger partial charge on any atom is 0.374 e. The lowest BCUT2D eigenvalue weighted by Gasteiger charge is -2.16. The van der Waals surface area contributed by atoms with Crippen molar-refractivity contribution in [3.63, 3.8) is 0 Å². The van der Waals surface area contributed by atoms with Gasteiger partial charge in [0.1, 0.15) is 0 Å². The van der Waals surface area contributed by atoms with E-state index in [9.17, 15) is 4.79 Å². The molecule has 4 rings (SSSR count). The Morgan fingerprint density at radius 1 is 0.929 bits per heavy atom. The summed E-state index contributed by atoms with van der Waals surface area (Å²) in [5.74, 6) is -0.257. The molecule has 0 aliphatic carbocycles. The molecule has 0 bridgehead atoms. The Hall–Kier alpha value is -3.40. The number of hydrogen-bond acceptors (Lipinski definition) is 3. The van der Waals surface area contributed by atoms with E-state index in [-0.39, 0.29) is 5.82 Å². The molecule has 0 unspecified atom stereocenters. The van der Waals surface area contributed by atoms with Crippen molar-refractivity contribution in [3.8, 4) is 22.3 Å². The molecule has 1 N–H and O–H groups in total. The normalized spacial score (nSPS) is 11.0. The third-order valence-corrected chi connectivity index (χ3v) is 5.03. The van der Waals surface area contributed by atoms with Crippen LogP contribution in [0.1, 0.15) is 27.3 Å². The summed E-state index contributed by atoms with van der Waals surface area (Å²) in [5.41, 5.74) is 9.78. The zero-order valence-corrected chi connectivity index (χ0v) is 16.5. The van der Waals surface area contributed by atoms with Crippen LogP contribution < -0.4 is 0 Å². The molecule has 0 aliphatic rings. The van der Waals surface area contributed by atoms with Gasteiger partial charge in [0.15, 0.2) is 0 Å². The molecule has 140 valence electrons. The molecule has 4 heteroatoms. The number of aromatic amines is 1. The largest absolute Gasteiger partial charge is 0.463 e. The number of benzene rings is 3. The van der Waals surface area contributed by atoms with Crippen molar-refractivity contribution in [1.82, 2.24) is 9.97 Å². The maximum absolute atomic E-state index is 11.9. The van der Waals surface area contributed by atoms with Gasteiger partial charge in [-0.2, -0.15) is 0 Å². The van der Waals surface area contributed by atoms with Crippen LogP contribution in [0, 0.1) is 20.8 Å². The highest BCUT2D eigenvalue weighted by Crippen LogP contribution is 2.38. The molecule has 0 radical (unpaired) electrons. The smallest absolute Gasteiger partial charge is 0.374 e. The van der Waals surface area contributed by atoms with Gasteiger partial charge in [0.2, 0.25) is 5.82 Å². The summed E-state index contributed by atoms with van der Waals surface area (Å²) in [6.07, 6.45) is 0. The van der Waals surface area contributed by atoms with Crippen LogP contribution in [-0.2, 0) is 4.74 Å². The van der Waals surface area contributed by atoms with Crippen molar-refractivity contribution < 1.29 is 9.53 Å². The highest BCUT2D eigenvalue weighted by atomic mass is 16.5. The first-order valence-electron chi connectivity index (χ1n) is 9.23. The number of methoxy groups -OCH3 is 1. The predicted octanol–water partition coefficient (Wildman–Crippen LogP) is 5.61. The van der Waals surface area contributed by atoms with Crippen LogP contribution >= 0.6 is 0 Å². The van der Waals surface area contributed by atoms with Crippen molar-refractivity contribution in [1.29, 1.82) is 0 Å². The molecule has 0 saturated carbocycles. The Balaban J connectivity index is 2.04. The van der Waals surface area contributed by atoms with Crippen molar-refractivity contribution in [2.24, 2.45) is 0 Å². The van der Waals surface area contributed by atoms with Crippen LogP contribution in [0.4, 0.5) is 0 Å². The summed E-state index contributed by atoms with van der Waals surface area (Å²) in [5, 5.41) is 0. The van der Waals surface area contributed by atoms with Crippen molar-refractivity contribution >= 4 is 17.0 Å². The van der Waals surface area contributed by atoms with Crippen LogP contribution in [0.15, 0.2) is 54.6 Å². The highest BCUT2D eigenvalue weighted by Gasteiger charge is 2.18.